The second-order valence-corrected chi connectivity index (χ2v) is 10.8. The van der Waals surface area contributed by atoms with Crippen molar-refractivity contribution in [3.8, 4) is 5.75 Å². The second-order valence-electron chi connectivity index (χ2n) is 8.36. The standard InChI is InChI=1S/C26H25ClN2O4S/c1-15-5-8-24-22(9-15)23(14-28-24)26(30)25(21-7-6-17(27)10-16(21)2)29-18-11-19(33-3)13-20(12-18)34(4,31)32/h5-14,25,28-29H,1-4H3. The Morgan fingerprint density at radius 1 is 1.06 bits per heavy atom. The number of rotatable bonds is 7. The van der Waals surface area contributed by atoms with Crippen molar-refractivity contribution in [1.29, 1.82) is 0 Å². The van der Waals surface area contributed by atoms with E-state index < -0.39 is 15.9 Å². The number of H-pyrrole nitrogens is 1. The van der Waals surface area contributed by atoms with Gasteiger partial charge in [-0.15, -0.1) is 0 Å². The highest BCUT2D eigenvalue weighted by molar-refractivity contribution is 7.90. The van der Waals surface area contributed by atoms with E-state index >= 15 is 0 Å². The first-order chi connectivity index (χ1) is 16.1. The number of hydrogen-bond donors (Lipinski definition) is 2. The van der Waals surface area contributed by atoms with E-state index in [1.807, 2.05) is 38.1 Å². The molecule has 1 heterocycles. The normalized spacial score (nSPS) is 12.5. The Kier molecular flexibility index (Phi) is 6.43. The van der Waals surface area contributed by atoms with E-state index in [-0.39, 0.29) is 10.7 Å². The van der Waals surface area contributed by atoms with Crippen LogP contribution in [0.1, 0.15) is 33.1 Å². The molecule has 1 atom stereocenters. The Hall–Kier alpha value is -3.29. The van der Waals surface area contributed by atoms with Crippen molar-refractivity contribution in [3.05, 3.63) is 88.1 Å². The molecule has 0 aliphatic rings. The van der Waals surface area contributed by atoms with Gasteiger partial charge in [-0.2, -0.15) is 0 Å². The number of carbonyl (C=O) groups is 1. The average Bonchev–Trinajstić information content (AvgIpc) is 3.19. The molecule has 1 aromatic heterocycles. The summed E-state index contributed by atoms with van der Waals surface area (Å²) in [4.78, 5) is 17.2. The predicted octanol–water partition coefficient (Wildman–Crippen LogP) is 5.89. The predicted molar refractivity (Wildman–Crippen MR) is 136 cm³/mol. The molecule has 4 aromatic rings. The molecule has 0 fully saturated rings. The van der Waals surface area contributed by atoms with Gasteiger partial charge in [0.15, 0.2) is 15.6 Å². The number of carbonyl (C=O) groups excluding carboxylic acids is 1. The van der Waals surface area contributed by atoms with E-state index in [0.29, 0.717) is 22.0 Å². The van der Waals surface area contributed by atoms with Gasteiger partial charge in [0.1, 0.15) is 11.8 Å². The molecule has 3 aromatic carbocycles. The zero-order chi connectivity index (χ0) is 24.6. The van der Waals surface area contributed by atoms with E-state index in [1.54, 1.807) is 24.4 Å². The molecule has 0 aliphatic heterocycles. The smallest absolute Gasteiger partial charge is 0.191 e. The number of halogens is 1. The molecular formula is C26H25ClN2O4S. The monoisotopic (exact) mass is 496 g/mol. The van der Waals surface area contributed by atoms with Crippen molar-refractivity contribution in [3.63, 3.8) is 0 Å². The minimum Gasteiger partial charge on any atom is -0.497 e. The van der Waals surface area contributed by atoms with Crippen LogP contribution in [0.2, 0.25) is 5.02 Å². The number of Topliss-reactive ketones (excluding diaryl/α,β-unsaturated/α-hetero) is 1. The molecule has 0 aliphatic carbocycles. The van der Waals surface area contributed by atoms with E-state index in [4.69, 9.17) is 16.3 Å². The van der Waals surface area contributed by atoms with Crippen LogP contribution in [-0.4, -0.2) is 32.6 Å². The average molecular weight is 497 g/mol. The Balaban J connectivity index is 1.86. The van der Waals surface area contributed by atoms with Crippen LogP contribution in [0.4, 0.5) is 5.69 Å². The van der Waals surface area contributed by atoms with Crippen molar-refractivity contribution in [1.82, 2.24) is 4.98 Å². The van der Waals surface area contributed by atoms with Crippen LogP contribution in [0.5, 0.6) is 5.75 Å². The summed E-state index contributed by atoms with van der Waals surface area (Å²) in [7, 11) is -2.03. The summed E-state index contributed by atoms with van der Waals surface area (Å²) in [5, 5.41) is 4.65. The van der Waals surface area contributed by atoms with Gasteiger partial charge in [-0.3, -0.25) is 4.79 Å². The lowest BCUT2D eigenvalue weighted by molar-refractivity contribution is 0.0971. The van der Waals surface area contributed by atoms with Gasteiger partial charge in [-0.1, -0.05) is 29.3 Å². The first-order valence-electron chi connectivity index (χ1n) is 10.6. The number of methoxy groups -OCH3 is 1. The van der Waals surface area contributed by atoms with E-state index in [9.17, 15) is 13.2 Å². The van der Waals surface area contributed by atoms with Crippen molar-refractivity contribution >= 4 is 43.8 Å². The lowest BCUT2D eigenvalue weighted by Gasteiger charge is -2.22. The molecule has 0 saturated heterocycles. The largest absolute Gasteiger partial charge is 0.497 e. The number of hydrogen-bond acceptors (Lipinski definition) is 5. The summed E-state index contributed by atoms with van der Waals surface area (Å²) in [6.45, 7) is 3.86. The Labute approximate surface area is 203 Å². The number of anilines is 1. The van der Waals surface area contributed by atoms with Gasteiger partial charge in [0, 0.05) is 45.7 Å². The van der Waals surface area contributed by atoms with Crippen molar-refractivity contribution in [2.45, 2.75) is 24.8 Å². The van der Waals surface area contributed by atoms with Crippen molar-refractivity contribution < 1.29 is 17.9 Å². The minimum atomic E-state index is -3.50. The van der Waals surface area contributed by atoms with Gasteiger partial charge in [0.05, 0.1) is 12.0 Å². The fourth-order valence-electron chi connectivity index (χ4n) is 4.00. The fraction of sp³-hybridized carbons (Fsp3) is 0.192. The number of nitrogens with one attached hydrogen (secondary N) is 2. The highest BCUT2D eigenvalue weighted by Crippen LogP contribution is 2.33. The molecule has 0 radical (unpaired) electrons. The molecule has 0 amide bonds. The molecule has 1 unspecified atom stereocenters. The Morgan fingerprint density at radius 3 is 2.50 bits per heavy atom. The summed E-state index contributed by atoms with van der Waals surface area (Å²) >= 11 is 6.17. The van der Waals surface area contributed by atoms with Crippen molar-refractivity contribution in [2.24, 2.45) is 0 Å². The minimum absolute atomic E-state index is 0.0936. The number of fused-ring (bicyclic) bond motifs is 1. The molecule has 34 heavy (non-hydrogen) atoms. The fourth-order valence-corrected chi connectivity index (χ4v) is 4.89. The van der Waals surface area contributed by atoms with Gasteiger partial charge < -0.3 is 15.0 Å². The molecule has 6 nitrogen and oxygen atoms in total. The number of ether oxygens (including phenoxy) is 1. The number of aromatic nitrogens is 1. The van der Waals surface area contributed by atoms with Crippen LogP contribution in [-0.2, 0) is 9.84 Å². The molecule has 2 N–H and O–H groups in total. The number of benzene rings is 3. The van der Waals surface area contributed by atoms with Crippen molar-refractivity contribution in [2.75, 3.05) is 18.7 Å². The topological polar surface area (TPSA) is 88.3 Å². The quantitative estimate of drug-likeness (QED) is 0.311. The molecule has 4 rings (SSSR count). The van der Waals surface area contributed by atoms with Crippen LogP contribution in [0, 0.1) is 13.8 Å². The van der Waals surface area contributed by atoms with E-state index in [0.717, 1.165) is 33.8 Å². The first-order valence-corrected chi connectivity index (χ1v) is 12.9. The van der Waals surface area contributed by atoms with Gasteiger partial charge in [0.25, 0.3) is 0 Å². The maximum Gasteiger partial charge on any atom is 0.191 e. The lowest BCUT2D eigenvalue weighted by Crippen LogP contribution is -2.22. The summed E-state index contributed by atoms with van der Waals surface area (Å²) in [5.41, 5.74) is 4.46. The maximum absolute atomic E-state index is 13.9. The van der Waals surface area contributed by atoms with Crippen LogP contribution in [0.3, 0.4) is 0 Å². The molecule has 176 valence electrons. The third-order valence-electron chi connectivity index (χ3n) is 5.76. The highest BCUT2D eigenvalue weighted by Gasteiger charge is 2.27. The lowest BCUT2D eigenvalue weighted by atomic mass is 9.93. The summed E-state index contributed by atoms with van der Waals surface area (Å²) in [5.74, 6) is 0.207. The maximum atomic E-state index is 13.9. The SMILES string of the molecule is COc1cc(NC(C(=O)c2c[nH]c3ccc(C)cc23)c2ccc(Cl)cc2C)cc(S(C)(=O)=O)c1. The third-order valence-corrected chi connectivity index (χ3v) is 7.09. The Bertz CT molecular complexity index is 1510. The first kappa shape index (κ1) is 23.9. The van der Waals surface area contributed by atoms with Gasteiger partial charge in [0.2, 0.25) is 0 Å². The summed E-state index contributed by atoms with van der Waals surface area (Å²) < 4.78 is 29.8. The highest BCUT2D eigenvalue weighted by atomic mass is 35.5. The third kappa shape index (κ3) is 4.81. The van der Waals surface area contributed by atoms with Gasteiger partial charge in [-0.25, -0.2) is 8.42 Å². The molecule has 0 bridgehead atoms. The number of sulfone groups is 1. The van der Waals surface area contributed by atoms with Crippen LogP contribution < -0.4 is 10.1 Å². The van der Waals surface area contributed by atoms with Crippen LogP contribution in [0.15, 0.2) is 65.7 Å². The zero-order valence-corrected chi connectivity index (χ0v) is 20.8. The molecular weight excluding hydrogens is 472 g/mol. The number of ketones is 1. The van der Waals surface area contributed by atoms with E-state index in [1.165, 1.54) is 19.2 Å². The number of aromatic amines is 1. The molecule has 0 spiro atoms. The molecule has 8 heteroatoms. The zero-order valence-electron chi connectivity index (χ0n) is 19.3. The summed E-state index contributed by atoms with van der Waals surface area (Å²) in [6, 6.07) is 15.1. The van der Waals surface area contributed by atoms with Crippen LogP contribution in [0.25, 0.3) is 10.9 Å². The van der Waals surface area contributed by atoms with E-state index in [2.05, 4.69) is 10.3 Å². The second kappa shape index (κ2) is 9.16. The van der Waals surface area contributed by atoms with Gasteiger partial charge in [-0.05, 0) is 61.4 Å². The molecule has 0 saturated carbocycles. The van der Waals surface area contributed by atoms with Gasteiger partial charge >= 0.3 is 0 Å². The van der Waals surface area contributed by atoms with Crippen LogP contribution >= 0.6 is 11.6 Å². The number of aryl methyl sites for hydroxylation is 2. The summed E-state index contributed by atoms with van der Waals surface area (Å²) in [6.07, 6.45) is 2.84. The Morgan fingerprint density at radius 2 is 1.82 bits per heavy atom.